The molecule has 0 saturated carbocycles. The van der Waals surface area contributed by atoms with Gasteiger partial charge in [-0.1, -0.05) is 121 Å². The quantitative estimate of drug-likeness (QED) is 0.217. The Bertz CT molecular complexity index is 676. The predicted octanol–water partition coefficient (Wildman–Crippen LogP) is 10.1. The average Bonchev–Trinajstić information content (AvgIpc) is 2.80. The lowest BCUT2D eigenvalue weighted by molar-refractivity contribution is 0.472. The number of hydrogen-bond acceptors (Lipinski definition) is 1. The molecule has 172 valence electrons. The number of benzene rings is 2. The number of para-hydroxylation sites is 1. The molecular weight excluding hydrogens is 376 g/mol. The fourth-order valence-electron chi connectivity index (χ4n) is 4.37. The van der Waals surface area contributed by atoms with Gasteiger partial charge in [-0.3, -0.25) is 0 Å². The molecule has 0 unspecified atom stereocenters. The Morgan fingerprint density at radius 2 is 1.06 bits per heavy atom. The van der Waals surface area contributed by atoms with Gasteiger partial charge < -0.3 is 4.74 Å². The van der Waals surface area contributed by atoms with Gasteiger partial charge in [0.2, 0.25) is 0 Å². The zero-order valence-corrected chi connectivity index (χ0v) is 20.3. The first-order valence-electron chi connectivity index (χ1n) is 13.2. The van der Waals surface area contributed by atoms with Crippen LogP contribution < -0.4 is 4.74 Å². The molecule has 0 aromatic heterocycles. The van der Waals surface area contributed by atoms with Gasteiger partial charge in [0, 0.05) is 0 Å². The minimum atomic E-state index is 0.941. The molecule has 1 heteroatoms. The molecule has 0 aliphatic rings. The highest BCUT2D eigenvalue weighted by atomic mass is 16.5. The molecule has 0 heterocycles. The van der Waals surface area contributed by atoms with Crippen LogP contribution in [0.5, 0.6) is 11.5 Å². The number of rotatable bonds is 18. The van der Waals surface area contributed by atoms with E-state index in [4.69, 9.17) is 4.74 Å². The third-order valence-corrected chi connectivity index (χ3v) is 6.28. The summed E-state index contributed by atoms with van der Waals surface area (Å²) in [4.78, 5) is 0. The Hall–Kier alpha value is -1.76. The SMILES string of the molecule is CCCCCCCCCc1cccc(Oc2ccccc2)c1CCCCCCCCC. The Morgan fingerprint density at radius 3 is 1.68 bits per heavy atom. The van der Waals surface area contributed by atoms with E-state index < -0.39 is 0 Å². The molecule has 0 N–H and O–H groups in total. The molecule has 0 atom stereocenters. The fraction of sp³-hybridized carbons (Fsp3) is 0.600. The number of hydrogen-bond donors (Lipinski definition) is 0. The van der Waals surface area contributed by atoms with Crippen molar-refractivity contribution >= 4 is 0 Å². The molecule has 0 aliphatic carbocycles. The Balaban J connectivity index is 1.92. The molecule has 2 rings (SSSR count). The van der Waals surface area contributed by atoms with E-state index in [0.29, 0.717) is 0 Å². The third kappa shape index (κ3) is 10.9. The number of unbranched alkanes of at least 4 members (excludes halogenated alkanes) is 12. The van der Waals surface area contributed by atoms with Crippen LogP contribution in [0, 0.1) is 0 Å². The van der Waals surface area contributed by atoms with Gasteiger partial charge in [0.15, 0.2) is 0 Å². The Morgan fingerprint density at radius 1 is 0.516 bits per heavy atom. The molecule has 0 spiro atoms. The lowest BCUT2D eigenvalue weighted by Gasteiger charge is -2.16. The van der Waals surface area contributed by atoms with Crippen molar-refractivity contribution in [1.82, 2.24) is 0 Å². The van der Waals surface area contributed by atoms with Gasteiger partial charge >= 0.3 is 0 Å². The first-order valence-corrected chi connectivity index (χ1v) is 13.2. The number of ether oxygens (including phenoxy) is 1. The fourth-order valence-corrected chi connectivity index (χ4v) is 4.37. The van der Waals surface area contributed by atoms with Crippen molar-refractivity contribution in [2.45, 2.75) is 117 Å². The van der Waals surface area contributed by atoms with Crippen molar-refractivity contribution < 1.29 is 4.74 Å². The summed E-state index contributed by atoms with van der Waals surface area (Å²) in [6.45, 7) is 4.58. The van der Waals surface area contributed by atoms with Gasteiger partial charge in [0.1, 0.15) is 11.5 Å². The van der Waals surface area contributed by atoms with Crippen LogP contribution in [-0.4, -0.2) is 0 Å². The normalized spacial score (nSPS) is 11.0. The van der Waals surface area contributed by atoms with Gasteiger partial charge in [-0.05, 0) is 55.0 Å². The van der Waals surface area contributed by atoms with E-state index in [1.54, 1.807) is 0 Å². The monoisotopic (exact) mass is 422 g/mol. The van der Waals surface area contributed by atoms with Gasteiger partial charge in [0.25, 0.3) is 0 Å². The zero-order chi connectivity index (χ0) is 22.0. The summed E-state index contributed by atoms with van der Waals surface area (Å²) in [5.74, 6) is 2.01. The van der Waals surface area contributed by atoms with Crippen LogP contribution >= 0.6 is 0 Å². The van der Waals surface area contributed by atoms with Crippen molar-refractivity contribution in [2.75, 3.05) is 0 Å². The first kappa shape index (κ1) is 25.5. The van der Waals surface area contributed by atoms with Crippen LogP contribution in [0.25, 0.3) is 0 Å². The van der Waals surface area contributed by atoms with Gasteiger partial charge in [-0.2, -0.15) is 0 Å². The van der Waals surface area contributed by atoms with Gasteiger partial charge in [-0.15, -0.1) is 0 Å². The predicted molar refractivity (Wildman–Crippen MR) is 136 cm³/mol. The van der Waals surface area contributed by atoms with Crippen LogP contribution in [0.1, 0.15) is 115 Å². The first-order chi connectivity index (χ1) is 15.3. The molecule has 2 aromatic rings. The minimum Gasteiger partial charge on any atom is -0.457 e. The van der Waals surface area contributed by atoms with Crippen LogP contribution in [0.4, 0.5) is 0 Å². The molecule has 0 amide bonds. The van der Waals surface area contributed by atoms with Gasteiger partial charge in [-0.25, -0.2) is 0 Å². The van der Waals surface area contributed by atoms with Crippen molar-refractivity contribution in [2.24, 2.45) is 0 Å². The minimum absolute atomic E-state index is 0.941. The topological polar surface area (TPSA) is 9.23 Å². The van der Waals surface area contributed by atoms with Crippen molar-refractivity contribution in [3.05, 3.63) is 59.7 Å². The van der Waals surface area contributed by atoms with Crippen LogP contribution in [0.15, 0.2) is 48.5 Å². The summed E-state index contributed by atoms with van der Waals surface area (Å²) < 4.78 is 6.33. The second-order valence-electron chi connectivity index (χ2n) is 9.05. The molecule has 0 radical (unpaired) electrons. The molecular formula is C30H46O. The molecule has 0 bridgehead atoms. The van der Waals surface area contributed by atoms with Crippen molar-refractivity contribution in [3.63, 3.8) is 0 Å². The summed E-state index contributed by atoms with van der Waals surface area (Å²) in [6, 6.07) is 16.9. The molecule has 0 saturated heterocycles. The summed E-state index contributed by atoms with van der Waals surface area (Å²) in [5, 5.41) is 0. The van der Waals surface area contributed by atoms with Crippen LogP contribution in [0.3, 0.4) is 0 Å². The Labute approximate surface area is 192 Å². The molecule has 2 aromatic carbocycles. The van der Waals surface area contributed by atoms with E-state index in [2.05, 4.69) is 44.2 Å². The average molecular weight is 423 g/mol. The summed E-state index contributed by atoms with van der Waals surface area (Å²) in [6.07, 6.45) is 21.3. The molecule has 0 aliphatic heterocycles. The second-order valence-corrected chi connectivity index (χ2v) is 9.05. The lowest BCUT2D eigenvalue weighted by Crippen LogP contribution is -1.99. The maximum atomic E-state index is 6.33. The van der Waals surface area contributed by atoms with E-state index in [9.17, 15) is 0 Å². The zero-order valence-electron chi connectivity index (χ0n) is 20.3. The largest absolute Gasteiger partial charge is 0.457 e. The summed E-state index contributed by atoms with van der Waals surface area (Å²) in [7, 11) is 0. The lowest BCUT2D eigenvalue weighted by atomic mass is 9.95. The van der Waals surface area contributed by atoms with Crippen molar-refractivity contribution in [3.8, 4) is 11.5 Å². The number of aryl methyl sites for hydroxylation is 1. The van der Waals surface area contributed by atoms with E-state index in [0.717, 1.165) is 17.9 Å². The second kappa shape index (κ2) is 16.9. The standard InChI is InChI=1S/C30H46O/c1-3-5-7-9-11-13-16-21-27-22-20-26-30(31-28-23-17-15-18-24-28)29(27)25-19-14-12-10-8-6-4-2/h15,17-18,20,22-24,26H,3-14,16,19,21,25H2,1-2H3. The smallest absolute Gasteiger partial charge is 0.130 e. The van der Waals surface area contributed by atoms with E-state index >= 15 is 0 Å². The molecule has 1 nitrogen and oxygen atoms in total. The third-order valence-electron chi connectivity index (χ3n) is 6.28. The molecule has 0 fully saturated rings. The van der Waals surface area contributed by atoms with E-state index in [1.165, 1.54) is 107 Å². The highest BCUT2D eigenvalue weighted by Crippen LogP contribution is 2.30. The van der Waals surface area contributed by atoms with Crippen molar-refractivity contribution in [1.29, 1.82) is 0 Å². The highest BCUT2D eigenvalue weighted by molar-refractivity contribution is 5.43. The van der Waals surface area contributed by atoms with Crippen LogP contribution in [-0.2, 0) is 12.8 Å². The Kier molecular flexibility index (Phi) is 13.9. The maximum absolute atomic E-state index is 6.33. The van der Waals surface area contributed by atoms with E-state index in [1.807, 2.05) is 18.2 Å². The maximum Gasteiger partial charge on any atom is 0.130 e. The summed E-state index contributed by atoms with van der Waals surface area (Å²) in [5.41, 5.74) is 2.96. The van der Waals surface area contributed by atoms with Gasteiger partial charge in [0.05, 0.1) is 0 Å². The molecule has 31 heavy (non-hydrogen) atoms. The summed E-state index contributed by atoms with van der Waals surface area (Å²) >= 11 is 0. The highest BCUT2D eigenvalue weighted by Gasteiger charge is 2.11. The van der Waals surface area contributed by atoms with Crippen LogP contribution in [0.2, 0.25) is 0 Å². The van der Waals surface area contributed by atoms with E-state index in [-0.39, 0.29) is 0 Å².